The Balaban J connectivity index is 1.77. The van der Waals surface area contributed by atoms with Crippen molar-refractivity contribution in [1.29, 1.82) is 0 Å². The molecular weight excluding hydrogens is 264 g/mol. The second-order valence-corrected chi connectivity index (χ2v) is 5.45. The van der Waals surface area contributed by atoms with Crippen LogP contribution in [0.25, 0.3) is 0 Å². The van der Waals surface area contributed by atoms with Crippen LogP contribution >= 0.6 is 0 Å². The molecule has 1 aromatic heterocycles. The molecule has 0 saturated carbocycles. The largest absolute Gasteiger partial charge is 0.478 e. The average Bonchev–Trinajstić information content (AvgIpc) is 2.97. The summed E-state index contributed by atoms with van der Waals surface area (Å²) < 4.78 is 0. The summed E-state index contributed by atoms with van der Waals surface area (Å²) in [6.45, 7) is 3.64. The third-order valence-electron chi connectivity index (χ3n) is 4.08. The number of carboxylic acids is 1. The first-order valence-corrected chi connectivity index (χ1v) is 7.16. The predicted molar refractivity (Wildman–Crippen MR) is 81.9 cm³/mol. The maximum atomic E-state index is 11.0. The van der Waals surface area contributed by atoms with Crippen molar-refractivity contribution in [2.24, 2.45) is 0 Å². The highest BCUT2D eigenvalue weighted by Gasteiger charge is 2.25. The molecule has 1 aliphatic rings. The number of rotatable bonds is 3. The number of anilines is 1. The van der Waals surface area contributed by atoms with Crippen molar-refractivity contribution in [1.82, 2.24) is 4.98 Å². The van der Waals surface area contributed by atoms with E-state index in [2.05, 4.69) is 34.1 Å². The molecule has 4 nitrogen and oxygen atoms in total. The molecule has 2 heterocycles. The highest BCUT2D eigenvalue weighted by molar-refractivity contribution is 5.89. The van der Waals surface area contributed by atoms with Crippen LogP contribution < -0.4 is 4.90 Å². The Morgan fingerprint density at radius 2 is 2.00 bits per heavy atom. The standard InChI is InChI=1S/C17H18N2O2/c1-12-15(17(20)21)7-8-16(18-12)19-10-9-14(11-19)13-5-3-2-4-6-13/h2-8,14H,9-11H2,1H3,(H,20,21). The monoisotopic (exact) mass is 282 g/mol. The van der Waals surface area contributed by atoms with Gasteiger partial charge in [0.15, 0.2) is 0 Å². The zero-order valence-corrected chi connectivity index (χ0v) is 12.0. The minimum Gasteiger partial charge on any atom is -0.478 e. The number of pyridine rings is 1. The maximum Gasteiger partial charge on any atom is 0.337 e. The van der Waals surface area contributed by atoms with E-state index in [1.165, 1.54) is 5.56 Å². The molecule has 0 radical (unpaired) electrons. The van der Waals surface area contributed by atoms with Crippen LogP contribution in [-0.2, 0) is 0 Å². The number of benzene rings is 1. The number of aromatic nitrogens is 1. The van der Waals surface area contributed by atoms with Gasteiger partial charge in [-0.2, -0.15) is 0 Å². The second-order valence-electron chi connectivity index (χ2n) is 5.45. The summed E-state index contributed by atoms with van der Waals surface area (Å²) in [4.78, 5) is 17.7. The summed E-state index contributed by atoms with van der Waals surface area (Å²) in [6.07, 6.45) is 1.10. The molecule has 3 rings (SSSR count). The van der Waals surface area contributed by atoms with Crippen LogP contribution in [-0.4, -0.2) is 29.1 Å². The molecule has 1 aromatic carbocycles. The first-order valence-electron chi connectivity index (χ1n) is 7.16. The van der Waals surface area contributed by atoms with Gasteiger partial charge >= 0.3 is 5.97 Å². The van der Waals surface area contributed by atoms with Crippen LogP contribution in [0.1, 0.15) is 34.0 Å². The fourth-order valence-corrected chi connectivity index (χ4v) is 2.92. The highest BCUT2D eigenvalue weighted by atomic mass is 16.4. The van der Waals surface area contributed by atoms with E-state index >= 15 is 0 Å². The molecule has 0 amide bonds. The Hall–Kier alpha value is -2.36. The Kier molecular flexibility index (Phi) is 3.60. The lowest BCUT2D eigenvalue weighted by Gasteiger charge is -2.18. The Bertz CT molecular complexity index is 655. The molecule has 0 spiro atoms. The van der Waals surface area contributed by atoms with Gasteiger partial charge in [0, 0.05) is 19.0 Å². The van der Waals surface area contributed by atoms with Crippen molar-refractivity contribution in [3.8, 4) is 0 Å². The molecule has 1 fully saturated rings. The van der Waals surface area contributed by atoms with Crippen molar-refractivity contribution in [3.05, 3.63) is 59.3 Å². The van der Waals surface area contributed by atoms with Crippen molar-refractivity contribution in [2.75, 3.05) is 18.0 Å². The number of aromatic carboxylic acids is 1. The van der Waals surface area contributed by atoms with Crippen LogP contribution in [0.15, 0.2) is 42.5 Å². The SMILES string of the molecule is Cc1nc(N2CCC(c3ccccc3)C2)ccc1C(=O)O. The summed E-state index contributed by atoms with van der Waals surface area (Å²) in [5, 5.41) is 9.06. The lowest BCUT2D eigenvalue weighted by Crippen LogP contribution is -2.21. The van der Waals surface area contributed by atoms with Crippen molar-refractivity contribution in [3.63, 3.8) is 0 Å². The topological polar surface area (TPSA) is 53.4 Å². The number of aryl methyl sites for hydroxylation is 1. The van der Waals surface area contributed by atoms with Crippen LogP contribution in [0.4, 0.5) is 5.82 Å². The Morgan fingerprint density at radius 3 is 2.67 bits per heavy atom. The van der Waals surface area contributed by atoms with Gasteiger partial charge in [-0.1, -0.05) is 30.3 Å². The smallest absolute Gasteiger partial charge is 0.337 e. The summed E-state index contributed by atoms with van der Waals surface area (Å²) in [5.41, 5.74) is 2.21. The minimum absolute atomic E-state index is 0.276. The van der Waals surface area contributed by atoms with Crippen LogP contribution in [0.2, 0.25) is 0 Å². The van der Waals surface area contributed by atoms with E-state index in [0.29, 0.717) is 11.6 Å². The zero-order chi connectivity index (χ0) is 14.8. The van der Waals surface area contributed by atoms with E-state index in [4.69, 9.17) is 5.11 Å². The first-order chi connectivity index (χ1) is 10.1. The second kappa shape index (κ2) is 5.56. The lowest BCUT2D eigenvalue weighted by atomic mass is 9.99. The Morgan fingerprint density at radius 1 is 1.24 bits per heavy atom. The van der Waals surface area contributed by atoms with E-state index in [0.717, 1.165) is 25.3 Å². The normalized spacial score (nSPS) is 18.0. The number of hydrogen-bond donors (Lipinski definition) is 1. The molecule has 4 heteroatoms. The first kappa shape index (κ1) is 13.6. The average molecular weight is 282 g/mol. The van der Waals surface area contributed by atoms with E-state index in [9.17, 15) is 4.79 Å². The van der Waals surface area contributed by atoms with Crippen molar-refractivity contribution >= 4 is 11.8 Å². The van der Waals surface area contributed by atoms with Gasteiger partial charge in [-0.25, -0.2) is 9.78 Å². The van der Waals surface area contributed by atoms with Gasteiger partial charge in [0.25, 0.3) is 0 Å². The van der Waals surface area contributed by atoms with Gasteiger partial charge < -0.3 is 10.0 Å². The fraction of sp³-hybridized carbons (Fsp3) is 0.294. The number of carbonyl (C=O) groups is 1. The van der Waals surface area contributed by atoms with Crippen molar-refractivity contribution < 1.29 is 9.90 Å². The van der Waals surface area contributed by atoms with E-state index < -0.39 is 5.97 Å². The van der Waals surface area contributed by atoms with E-state index in [1.807, 2.05) is 12.1 Å². The molecular formula is C17H18N2O2. The third-order valence-corrected chi connectivity index (χ3v) is 4.08. The minimum atomic E-state index is -0.921. The van der Waals surface area contributed by atoms with Gasteiger partial charge in [0.05, 0.1) is 11.3 Å². The summed E-state index contributed by atoms with van der Waals surface area (Å²) in [5.74, 6) is 0.471. The summed E-state index contributed by atoms with van der Waals surface area (Å²) in [7, 11) is 0. The molecule has 1 unspecified atom stereocenters. The fourth-order valence-electron chi connectivity index (χ4n) is 2.92. The molecule has 1 saturated heterocycles. The highest BCUT2D eigenvalue weighted by Crippen LogP contribution is 2.30. The maximum absolute atomic E-state index is 11.0. The van der Waals surface area contributed by atoms with Gasteiger partial charge in [0.2, 0.25) is 0 Å². The molecule has 0 aliphatic carbocycles. The van der Waals surface area contributed by atoms with E-state index in [-0.39, 0.29) is 5.56 Å². The molecule has 108 valence electrons. The molecule has 2 aromatic rings. The number of hydrogen-bond acceptors (Lipinski definition) is 3. The molecule has 21 heavy (non-hydrogen) atoms. The lowest BCUT2D eigenvalue weighted by molar-refractivity contribution is 0.0695. The van der Waals surface area contributed by atoms with Gasteiger partial charge in [0.1, 0.15) is 5.82 Å². The summed E-state index contributed by atoms with van der Waals surface area (Å²) in [6, 6.07) is 14.0. The van der Waals surface area contributed by atoms with Crippen LogP contribution in [0, 0.1) is 6.92 Å². The number of carboxylic acid groups (broad SMARTS) is 1. The molecule has 1 aliphatic heterocycles. The Labute approximate surface area is 124 Å². The predicted octanol–water partition coefficient (Wildman–Crippen LogP) is 3.08. The molecule has 1 N–H and O–H groups in total. The van der Waals surface area contributed by atoms with Crippen LogP contribution in [0.3, 0.4) is 0 Å². The molecule has 0 bridgehead atoms. The van der Waals surface area contributed by atoms with Gasteiger partial charge in [-0.05, 0) is 31.0 Å². The zero-order valence-electron chi connectivity index (χ0n) is 12.0. The quantitative estimate of drug-likeness (QED) is 0.940. The number of nitrogens with zero attached hydrogens (tertiary/aromatic N) is 2. The summed E-state index contributed by atoms with van der Waals surface area (Å²) >= 11 is 0. The van der Waals surface area contributed by atoms with Gasteiger partial charge in [-0.15, -0.1) is 0 Å². The van der Waals surface area contributed by atoms with Gasteiger partial charge in [-0.3, -0.25) is 0 Å². The van der Waals surface area contributed by atoms with Crippen LogP contribution in [0.5, 0.6) is 0 Å². The third kappa shape index (κ3) is 2.75. The van der Waals surface area contributed by atoms with E-state index in [1.54, 1.807) is 13.0 Å². The van der Waals surface area contributed by atoms with Crippen molar-refractivity contribution in [2.45, 2.75) is 19.3 Å². The molecule has 1 atom stereocenters.